The summed E-state index contributed by atoms with van der Waals surface area (Å²) >= 11 is 0. The van der Waals surface area contributed by atoms with Crippen LogP contribution in [0.4, 0.5) is 5.95 Å². The second-order valence-electron chi connectivity index (χ2n) is 2.98. The second-order valence-corrected chi connectivity index (χ2v) is 4.75. The number of hydrogen-bond donors (Lipinski definition) is 3. The predicted molar refractivity (Wildman–Crippen MR) is 61.5 cm³/mol. The van der Waals surface area contributed by atoms with Crippen molar-refractivity contribution in [1.29, 1.82) is 0 Å². The first-order chi connectivity index (χ1) is 8.10. The lowest BCUT2D eigenvalue weighted by Crippen LogP contribution is -2.27. The summed E-state index contributed by atoms with van der Waals surface area (Å²) in [5, 5.41) is 0. The number of anilines is 1. The summed E-state index contributed by atoms with van der Waals surface area (Å²) in [5.41, 5.74) is 2.21. The number of sulfonamides is 1. The van der Waals surface area contributed by atoms with Gasteiger partial charge in [-0.25, -0.2) is 29.0 Å². The molecule has 1 aromatic heterocycles. The van der Waals surface area contributed by atoms with Crippen LogP contribution >= 0.6 is 0 Å². The molecule has 8 nitrogen and oxygen atoms in total. The second kappa shape index (κ2) is 6.45. The molecule has 0 aliphatic carbocycles. The number of nitrogens with one attached hydrogen (secondary N) is 2. The number of rotatable bonds is 7. The summed E-state index contributed by atoms with van der Waals surface area (Å²) < 4.78 is 30.8. The van der Waals surface area contributed by atoms with E-state index in [9.17, 15) is 8.42 Å². The molecule has 0 saturated carbocycles. The molecule has 0 saturated heterocycles. The molecular weight excluding hydrogens is 246 g/mol. The molecule has 0 atom stereocenters. The van der Waals surface area contributed by atoms with Crippen LogP contribution in [0.3, 0.4) is 0 Å². The largest absolute Gasteiger partial charge is 0.380 e. The van der Waals surface area contributed by atoms with Gasteiger partial charge in [-0.15, -0.1) is 0 Å². The number of hydrazine groups is 1. The highest BCUT2D eigenvalue weighted by atomic mass is 32.2. The molecule has 0 unspecified atom stereocenters. The highest BCUT2D eigenvalue weighted by molar-refractivity contribution is 7.89. The van der Waals surface area contributed by atoms with E-state index in [0.717, 1.165) is 0 Å². The van der Waals surface area contributed by atoms with Crippen molar-refractivity contribution < 1.29 is 13.2 Å². The smallest absolute Gasteiger partial charge is 0.243 e. The van der Waals surface area contributed by atoms with E-state index in [-0.39, 0.29) is 17.4 Å². The maximum atomic E-state index is 11.7. The average molecular weight is 261 g/mol. The van der Waals surface area contributed by atoms with Gasteiger partial charge in [-0.05, 0) is 6.92 Å². The Balaban J connectivity index is 2.62. The minimum atomic E-state index is -3.59. The third kappa shape index (κ3) is 4.23. The first-order valence-electron chi connectivity index (χ1n) is 4.96. The van der Waals surface area contributed by atoms with Gasteiger partial charge in [-0.3, -0.25) is 5.43 Å². The molecule has 17 heavy (non-hydrogen) atoms. The van der Waals surface area contributed by atoms with Gasteiger partial charge in [-0.1, -0.05) is 0 Å². The Kier molecular flexibility index (Phi) is 5.22. The fourth-order valence-electron chi connectivity index (χ4n) is 1.01. The minimum Gasteiger partial charge on any atom is -0.380 e. The Labute approximate surface area is 99.6 Å². The lowest BCUT2D eigenvalue weighted by atomic mass is 10.7. The molecule has 0 radical (unpaired) electrons. The van der Waals surface area contributed by atoms with Gasteiger partial charge in [0, 0.05) is 13.2 Å². The molecule has 0 fully saturated rings. The molecule has 1 aromatic rings. The molecule has 96 valence electrons. The van der Waals surface area contributed by atoms with Crippen LogP contribution < -0.4 is 16.0 Å². The summed E-state index contributed by atoms with van der Waals surface area (Å²) in [7, 11) is -3.59. The van der Waals surface area contributed by atoms with E-state index in [0.29, 0.717) is 13.2 Å². The molecule has 4 N–H and O–H groups in total. The van der Waals surface area contributed by atoms with Crippen LogP contribution in [0.5, 0.6) is 0 Å². The quantitative estimate of drug-likeness (QED) is 0.330. The fraction of sp³-hybridized carbons (Fsp3) is 0.500. The van der Waals surface area contributed by atoms with Crippen LogP contribution in [-0.2, 0) is 14.8 Å². The van der Waals surface area contributed by atoms with Crippen LogP contribution in [0, 0.1) is 0 Å². The molecule has 0 aliphatic heterocycles. The van der Waals surface area contributed by atoms with Crippen molar-refractivity contribution in [2.75, 3.05) is 25.2 Å². The third-order valence-electron chi connectivity index (χ3n) is 1.81. The number of nitrogen functional groups attached to an aromatic ring is 1. The van der Waals surface area contributed by atoms with Crippen molar-refractivity contribution in [3.05, 3.63) is 12.4 Å². The molecule has 1 heterocycles. The average Bonchev–Trinajstić information content (AvgIpc) is 2.35. The standard InChI is InChI=1S/C8H15N5O3S/c1-2-16-4-3-12-17(14,15)7-5-10-8(13-9)11-6-7/h5-6,12H,2-4,9H2,1H3,(H,10,11,13). The summed E-state index contributed by atoms with van der Waals surface area (Å²) in [6, 6.07) is 0. The molecule has 1 rings (SSSR count). The van der Waals surface area contributed by atoms with E-state index in [1.54, 1.807) is 0 Å². The van der Waals surface area contributed by atoms with Crippen molar-refractivity contribution in [1.82, 2.24) is 14.7 Å². The molecule has 0 aliphatic rings. The van der Waals surface area contributed by atoms with Gasteiger partial charge in [0.05, 0.1) is 19.0 Å². The van der Waals surface area contributed by atoms with Crippen LogP contribution in [0.1, 0.15) is 6.92 Å². The topological polar surface area (TPSA) is 119 Å². The van der Waals surface area contributed by atoms with Gasteiger partial charge in [0.1, 0.15) is 4.90 Å². The van der Waals surface area contributed by atoms with Crippen molar-refractivity contribution in [3.8, 4) is 0 Å². The zero-order valence-electron chi connectivity index (χ0n) is 9.38. The zero-order chi connectivity index (χ0) is 12.7. The summed E-state index contributed by atoms with van der Waals surface area (Å²) in [6.07, 6.45) is 2.34. The molecule has 0 spiro atoms. The van der Waals surface area contributed by atoms with Gasteiger partial charge in [-0.2, -0.15) is 0 Å². The zero-order valence-corrected chi connectivity index (χ0v) is 10.2. The highest BCUT2D eigenvalue weighted by Gasteiger charge is 2.14. The van der Waals surface area contributed by atoms with Gasteiger partial charge in [0.2, 0.25) is 16.0 Å². The van der Waals surface area contributed by atoms with E-state index in [4.69, 9.17) is 10.6 Å². The predicted octanol–water partition coefficient (Wildman–Crippen LogP) is -0.923. The van der Waals surface area contributed by atoms with Crippen LogP contribution in [0.25, 0.3) is 0 Å². The van der Waals surface area contributed by atoms with E-state index < -0.39 is 10.0 Å². The van der Waals surface area contributed by atoms with Crippen molar-refractivity contribution in [2.24, 2.45) is 5.84 Å². The van der Waals surface area contributed by atoms with Gasteiger partial charge in [0.25, 0.3) is 0 Å². The molecule has 9 heteroatoms. The Bertz CT molecular complexity index is 433. The van der Waals surface area contributed by atoms with Crippen molar-refractivity contribution in [2.45, 2.75) is 11.8 Å². The maximum Gasteiger partial charge on any atom is 0.243 e. The number of nitrogens with zero attached hydrogens (tertiary/aromatic N) is 2. The first-order valence-corrected chi connectivity index (χ1v) is 6.44. The van der Waals surface area contributed by atoms with E-state index in [1.165, 1.54) is 12.4 Å². The van der Waals surface area contributed by atoms with Crippen LogP contribution in [0.2, 0.25) is 0 Å². The Morgan fingerprint density at radius 2 is 2.06 bits per heavy atom. The first kappa shape index (κ1) is 13.8. The van der Waals surface area contributed by atoms with Crippen LogP contribution in [0.15, 0.2) is 17.3 Å². The normalized spacial score (nSPS) is 11.4. The summed E-state index contributed by atoms with van der Waals surface area (Å²) in [6.45, 7) is 2.90. The molecule has 0 amide bonds. The fourth-order valence-corrected chi connectivity index (χ4v) is 1.91. The Morgan fingerprint density at radius 3 is 2.59 bits per heavy atom. The van der Waals surface area contributed by atoms with E-state index >= 15 is 0 Å². The summed E-state index contributed by atoms with van der Waals surface area (Å²) in [5.74, 6) is 5.22. The number of hydrogen-bond acceptors (Lipinski definition) is 7. The lowest BCUT2D eigenvalue weighted by molar-refractivity contribution is 0.153. The van der Waals surface area contributed by atoms with Gasteiger partial charge >= 0.3 is 0 Å². The molecular formula is C8H15N5O3S. The third-order valence-corrected chi connectivity index (χ3v) is 3.23. The lowest BCUT2D eigenvalue weighted by Gasteiger charge is -2.06. The Hall–Kier alpha value is -1.29. The summed E-state index contributed by atoms with van der Waals surface area (Å²) in [4.78, 5) is 7.40. The van der Waals surface area contributed by atoms with E-state index in [1.807, 2.05) is 6.92 Å². The van der Waals surface area contributed by atoms with Crippen molar-refractivity contribution in [3.63, 3.8) is 0 Å². The van der Waals surface area contributed by atoms with Crippen LogP contribution in [-0.4, -0.2) is 38.1 Å². The monoisotopic (exact) mass is 261 g/mol. The van der Waals surface area contributed by atoms with Gasteiger partial charge < -0.3 is 4.74 Å². The van der Waals surface area contributed by atoms with E-state index in [2.05, 4.69) is 20.1 Å². The highest BCUT2D eigenvalue weighted by Crippen LogP contribution is 2.06. The molecule has 0 aromatic carbocycles. The number of ether oxygens (including phenoxy) is 1. The maximum absolute atomic E-state index is 11.7. The number of aromatic nitrogens is 2. The van der Waals surface area contributed by atoms with Gasteiger partial charge in [0.15, 0.2) is 0 Å². The molecule has 0 bridgehead atoms. The minimum absolute atomic E-state index is 0.0204. The van der Waals surface area contributed by atoms with Crippen molar-refractivity contribution >= 4 is 16.0 Å². The SMILES string of the molecule is CCOCCNS(=O)(=O)c1cnc(NN)nc1. The Morgan fingerprint density at radius 1 is 1.41 bits per heavy atom. The number of nitrogens with two attached hydrogens (primary N) is 1.